The van der Waals surface area contributed by atoms with Gasteiger partial charge in [0.25, 0.3) is 0 Å². The number of hydrogen-bond acceptors (Lipinski definition) is 1. The molecular formula is C17H16BrFO. The van der Waals surface area contributed by atoms with E-state index in [4.69, 9.17) is 0 Å². The van der Waals surface area contributed by atoms with Gasteiger partial charge in [-0.2, -0.15) is 0 Å². The largest absolute Gasteiger partial charge is 0.294 e. The zero-order chi connectivity index (χ0) is 14.7. The minimum atomic E-state index is -0.328. The molecule has 0 spiro atoms. The number of halogens is 2. The van der Waals surface area contributed by atoms with E-state index in [0.29, 0.717) is 17.0 Å². The first-order chi connectivity index (χ1) is 9.47. The van der Waals surface area contributed by atoms with Crippen molar-refractivity contribution in [2.75, 3.05) is 0 Å². The molecule has 0 N–H and O–H groups in total. The lowest BCUT2D eigenvalue weighted by molar-refractivity contribution is 0.0992. The van der Waals surface area contributed by atoms with Gasteiger partial charge in [0.1, 0.15) is 5.82 Å². The van der Waals surface area contributed by atoms with Gasteiger partial charge in [0, 0.05) is 16.5 Å². The van der Waals surface area contributed by atoms with Crippen LogP contribution in [-0.2, 0) is 6.42 Å². The van der Waals surface area contributed by atoms with Crippen LogP contribution in [-0.4, -0.2) is 5.78 Å². The Morgan fingerprint density at radius 1 is 1.15 bits per heavy atom. The molecule has 0 fully saturated rings. The lowest BCUT2D eigenvalue weighted by atomic mass is 9.98. The molecule has 0 bridgehead atoms. The highest BCUT2D eigenvalue weighted by Gasteiger charge is 2.11. The van der Waals surface area contributed by atoms with Crippen LogP contribution in [0, 0.1) is 5.82 Å². The Bertz CT molecular complexity index is 617. The molecule has 0 aromatic heterocycles. The van der Waals surface area contributed by atoms with Crippen molar-refractivity contribution >= 4 is 21.7 Å². The predicted octanol–water partition coefficient (Wildman–Crippen LogP) is 5.14. The minimum Gasteiger partial charge on any atom is -0.294 e. The monoisotopic (exact) mass is 334 g/mol. The number of hydrogen-bond donors (Lipinski definition) is 0. The number of ketones is 1. The smallest absolute Gasteiger partial charge is 0.167 e. The number of Topliss-reactive ketones (excluding diaryl/α,β-unsaturated/α-hetero) is 1. The van der Waals surface area contributed by atoms with Crippen molar-refractivity contribution in [2.24, 2.45) is 0 Å². The lowest BCUT2D eigenvalue weighted by Gasteiger charge is -2.07. The molecule has 0 aliphatic carbocycles. The van der Waals surface area contributed by atoms with E-state index in [1.165, 1.54) is 17.7 Å². The topological polar surface area (TPSA) is 17.1 Å². The zero-order valence-electron chi connectivity index (χ0n) is 11.5. The summed E-state index contributed by atoms with van der Waals surface area (Å²) >= 11 is 3.34. The summed E-state index contributed by atoms with van der Waals surface area (Å²) in [5.74, 6) is 0.106. The molecular weight excluding hydrogens is 319 g/mol. The molecule has 0 unspecified atom stereocenters. The third-order valence-electron chi connectivity index (χ3n) is 3.26. The molecule has 0 saturated carbocycles. The molecule has 3 heteroatoms. The molecule has 0 amide bonds. The molecule has 104 valence electrons. The zero-order valence-corrected chi connectivity index (χ0v) is 13.1. The van der Waals surface area contributed by atoms with Crippen molar-refractivity contribution < 1.29 is 9.18 Å². The maximum Gasteiger partial charge on any atom is 0.167 e. The van der Waals surface area contributed by atoms with Crippen LogP contribution in [0.5, 0.6) is 0 Å². The van der Waals surface area contributed by atoms with Gasteiger partial charge in [-0.1, -0.05) is 54.0 Å². The standard InChI is InChI=1S/C17H16BrFO/c1-11(2)12-3-5-13(6-4-12)17(20)10-14-9-15(19)7-8-16(14)18/h3-9,11H,10H2,1-2H3. The molecule has 1 nitrogen and oxygen atoms in total. The first kappa shape index (κ1) is 14.9. The number of carbonyl (C=O) groups excluding carboxylic acids is 1. The highest BCUT2D eigenvalue weighted by molar-refractivity contribution is 9.10. The van der Waals surface area contributed by atoms with Crippen LogP contribution in [0.3, 0.4) is 0 Å². The van der Waals surface area contributed by atoms with Gasteiger partial charge in [0.15, 0.2) is 5.78 Å². The Hall–Kier alpha value is -1.48. The van der Waals surface area contributed by atoms with Crippen LogP contribution in [0.4, 0.5) is 4.39 Å². The first-order valence-corrected chi connectivity index (χ1v) is 7.33. The van der Waals surface area contributed by atoms with E-state index in [1.54, 1.807) is 6.07 Å². The molecule has 0 aliphatic heterocycles. The molecule has 0 radical (unpaired) electrons. The van der Waals surface area contributed by atoms with Crippen LogP contribution in [0.1, 0.15) is 41.3 Å². The fourth-order valence-electron chi connectivity index (χ4n) is 2.01. The van der Waals surface area contributed by atoms with E-state index in [2.05, 4.69) is 29.8 Å². The quantitative estimate of drug-likeness (QED) is 0.707. The van der Waals surface area contributed by atoms with Crippen LogP contribution in [0.2, 0.25) is 0 Å². The Labute approximate surface area is 127 Å². The van der Waals surface area contributed by atoms with Crippen molar-refractivity contribution in [2.45, 2.75) is 26.2 Å². The Morgan fingerprint density at radius 2 is 1.80 bits per heavy atom. The maximum absolute atomic E-state index is 13.2. The van der Waals surface area contributed by atoms with Crippen molar-refractivity contribution in [3.63, 3.8) is 0 Å². The van der Waals surface area contributed by atoms with Gasteiger partial charge >= 0.3 is 0 Å². The fraction of sp³-hybridized carbons (Fsp3) is 0.235. The van der Waals surface area contributed by atoms with E-state index >= 15 is 0 Å². The third-order valence-corrected chi connectivity index (χ3v) is 4.03. The summed E-state index contributed by atoms with van der Waals surface area (Å²) in [7, 11) is 0. The van der Waals surface area contributed by atoms with E-state index in [9.17, 15) is 9.18 Å². The Balaban J connectivity index is 2.17. The second kappa shape index (κ2) is 6.31. The highest BCUT2D eigenvalue weighted by atomic mass is 79.9. The molecule has 0 aliphatic rings. The maximum atomic E-state index is 13.2. The van der Waals surface area contributed by atoms with Crippen LogP contribution < -0.4 is 0 Å². The Morgan fingerprint density at radius 3 is 2.40 bits per heavy atom. The second-order valence-electron chi connectivity index (χ2n) is 5.11. The van der Waals surface area contributed by atoms with Gasteiger partial charge in [-0.25, -0.2) is 4.39 Å². The third kappa shape index (κ3) is 3.54. The molecule has 2 rings (SSSR count). The second-order valence-corrected chi connectivity index (χ2v) is 5.97. The van der Waals surface area contributed by atoms with Gasteiger partial charge < -0.3 is 0 Å². The average Bonchev–Trinajstić information content (AvgIpc) is 2.43. The van der Waals surface area contributed by atoms with E-state index in [0.717, 1.165) is 4.47 Å². The highest BCUT2D eigenvalue weighted by Crippen LogP contribution is 2.21. The van der Waals surface area contributed by atoms with Gasteiger partial charge in [-0.3, -0.25) is 4.79 Å². The van der Waals surface area contributed by atoms with Crippen LogP contribution in [0.25, 0.3) is 0 Å². The molecule has 2 aromatic carbocycles. The normalized spacial score (nSPS) is 10.8. The van der Waals surface area contributed by atoms with Crippen molar-refractivity contribution in [3.05, 3.63) is 69.4 Å². The SMILES string of the molecule is CC(C)c1ccc(C(=O)Cc2cc(F)ccc2Br)cc1. The summed E-state index contributed by atoms with van der Waals surface area (Å²) in [5, 5.41) is 0. The number of carbonyl (C=O) groups is 1. The average molecular weight is 335 g/mol. The van der Waals surface area contributed by atoms with Crippen LogP contribution >= 0.6 is 15.9 Å². The fourth-order valence-corrected chi connectivity index (χ4v) is 2.39. The number of benzene rings is 2. The Kier molecular flexibility index (Phi) is 4.71. The summed E-state index contributed by atoms with van der Waals surface area (Å²) in [6, 6.07) is 12.0. The van der Waals surface area contributed by atoms with Gasteiger partial charge in [0.2, 0.25) is 0 Å². The van der Waals surface area contributed by atoms with Gasteiger partial charge in [-0.05, 0) is 35.2 Å². The summed E-state index contributed by atoms with van der Waals surface area (Å²) < 4.78 is 14.0. The van der Waals surface area contributed by atoms with Crippen LogP contribution in [0.15, 0.2) is 46.9 Å². The van der Waals surface area contributed by atoms with Gasteiger partial charge in [0.05, 0.1) is 0 Å². The van der Waals surface area contributed by atoms with E-state index in [-0.39, 0.29) is 18.0 Å². The summed E-state index contributed by atoms with van der Waals surface area (Å²) in [6.45, 7) is 4.22. The van der Waals surface area contributed by atoms with Gasteiger partial charge in [-0.15, -0.1) is 0 Å². The minimum absolute atomic E-state index is 0.00777. The van der Waals surface area contributed by atoms with Crippen molar-refractivity contribution in [3.8, 4) is 0 Å². The molecule has 2 aromatic rings. The van der Waals surface area contributed by atoms with E-state index < -0.39 is 0 Å². The number of rotatable bonds is 4. The van der Waals surface area contributed by atoms with Crippen molar-refractivity contribution in [1.29, 1.82) is 0 Å². The molecule has 20 heavy (non-hydrogen) atoms. The predicted molar refractivity (Wildman–Crippen MR) is 82.7 cm³/mol. The molecule has 0 heterocycles. The summed E-state index contributed by atoms with van der Waals surface area (Å²) in [4.78, 5) is 12.2. The summed E-state index contributed by atoms with van der Waals surface area (Å²) in [6.07, 6.45) is 0.194. The van der Waals surface area contributed by atoms with E-state index in [1.807, 2.05) is 24.3 Å². The first-order valence-electron chi connectivity index (χ1n) is 6.54. The molecule has 0 saturated heterocycles. The lowest BCUT2D eigenvalue weighted by Crippen LogP contribution is -2.04. The van der Waals surface area contributed by atoms with Crippen molar-refractivity contribution in [1.82, 2.24) is 0 Å². The molecule has 0 atom stereocenters. The summed E-state index contributed by atoms with van der Waals surface area (Å²) in [5.41, 5.74) is 2.53.